The Morgan fingerprint density at radius 3 is 2.59 bits per heavy atom. The molecule has 1 amide bonds. The van der Waals surface area contributed by atoms with Crippen molar-refractivity contribution < 1.29 is 22.7 Å². The molecule has 0 spiro atoms. The quantitative estimate of drug-likeness (QED) is 0.671. The van der Waals surface area contributed by atoms with Gasteiger partial charge in [-0.05, 0) is 36.6 Å². The van der Waals surface area contributed by atoms with E-state index in [-0.39, 0.29) is 23.4 Å². The smallest absolute Gasteiger partial charge is 0.251 e. The van der Waals surface area contributed by atoms with Crippen molar-refractivity contribution in [1.82, 2.24) is 13.8 Å². The van der Waals surface area contributed by atoms with Crippen molar-refractivity contribution in [2.75, 3.05) is 33.9 Å². The molecule has 0 N–H and O–H groups in total. The first-order chi connectivity index (χ1) is 15.3. The molecule has 0 saturated carbocycles. The highest BCUT2D eigenvalue weighted by Crippen LogP contribution is 2.38. The number of carbonyl (C=O) groups is 1. The third-order valence-electron chi connectivity index (χ3n) is 5.77. The Hall–Kier alpha value is -2.85. The standard InChI is InChI=1S/C22H27N3O6S/c1-23(2)32(28,29)17-7-9-21(26)24(14-17)15-22(27)25-10-3-5-18(25)16-6-8-19-20(13-16)31-12-4-11-30-19/h6-9,13-14,18H,3-5,10-12,15H2,1-2H3. The lowest BCUT2D eigenvalue weighted by Crippen LogP contribution is -2.36. The van der Waals surface area contributed by atoms with Crippen LogP contribution in [-0.2, 0) is 21.4 Å². The molecule has 1 saturated heterocycles. The summed E-state index contributed by atoms with van der Waals surface area (Å²) < 4.78 is 38.5. The summed E-state index contributed by atoms with van der Waals surface area (Å²) in [5.74, 6) is 1.14. The van der Waals surface area contributed by atoms with E-state index in [1.165, 1.54) is 32.4 Å². The van der Waals surface area contributed by atoms with E-state index in [4.69, 9.17) is 9.47 Å². The summed E-state index contributed by atoms with van der Waals surface area (Å²) in [6, 6.07) is 8.04. The predicted octanol–water partition coefficient (Wildman–Crippen LogP) is 1.62. The second kappa shape index (κ2) is 8.95. The summed E-state index contributed by atoms with van der Waals surface area (Å²) in [5.41, 5.74) is 0.527. The van der Waals surface area contributed by atoms with Crippen molar-refractivity contribution >= 4 is 15.9 Å². The van der Waals surface area contributed by atoms with E-state index in [0.717, 1.165) is 33.7 Å². The number of fused-ring (bicyclic) bond motifs is 1. The van der Waals surface area contributed by atoms with Crippen LogP contribution in [0, 0.1) is 0 Å². The van der Waals surface area contributed by atoms with Gasteiger partial charge in [0.2, 0.25) is 15.9 Å². The van der Waals surface area contributed by atoms with Gasteiger partial charge in [-0.1, -0.05) is 6.07 Å². The zero-order valence-corrected chi connectivity index (χ0v) is 19.0. The maximum Gasteiger partial charge on any atom is 0.251 e. The second-order valence-electron chi connectivity index (χ2n) is 8.12. The summed E-state index contributed by atoms with van der Waals surface area (Å²) in [4.78, 5) is 27.2. The predicted molar refractivity (Wildman–Crippen MR) is 117 cm³/mol. The molecule has 1 aromatic carbocycles. The van der Waals surface area contributed by atoms with Crippen molar-refractivity contribution in [3.8, 4) is 11.5 Å². The summed E-state index contributed by atoms with van der Waals surface area (Å²) in [6.07, 6.45) is 3.69. The second-order valence-corrected chi connectivity index (χ2v) is 10.3. The molecule has 4 rings (SSSR count). The van der Waals surface area contributed by atoms with Crippen molar-refractivity contribution in [3.63, 3.8) is 0 Å². The summed E-state index contributed by atoms with van der Waals surface area (Å²) >= 11 is 0. The fraction of sp³-hybridized carbons (Fsp3) is 0.455. The van der Waals surface area contributed by atoms with E-state index >= 15 is 0 Å². The molecule has 1 atom stereocenters. The number of sulfonamides is 1. The van der Waals surface area contributed by atoms with Crippen LogP contribution in [0.15, 0.2) is 46.2 Å². The number of carbonyl (C=O) groups excluding carboxylic acids is 1. The van der Waals surface area contributed by atoms with Gasteiger partial charge in [-0.15, -0.1) is 0 Å². The Bertz CT molecular complexity index is 1170. The highest BCUT2D eigenvalue weighted by atomic mass is 32.2. The van der Waals surface area contributed by atoms with Crippen LogP contribution in [0.25, 0.3) is 0 Å². The molecule has 2 aliphatic rings. The number of hydrogen-bond acceptors (Lipinski definition) is 6. The normalized spacial score (nSPS) is 18.6. The lowest BCUT2D eigenvalue weighted by molar-refractivity contribution is -0.132. The largest absolute Gasteiger partial charge is 0.490 e. The van der Waals surface area contributed by atoms with E-state index < -0.39 is 15.6 Å². The van der Waals surface area contributed by atoms with Crippen LogP contribution in [0.5, 0.6) is 11.5 Å². The number of amides is 1. The molecule has 0 bridgehead atoms. The van der Waals surface area contributed by atoms with Gasteiger partial charge in [0, 0.05) is 39.3 Å². The van der Waals surface area contributed by atoms with Crippen LogP contribution in [0.1, 0.15) is 30.9 Å². The van der Waals surface area contributed by atoms with Crippen LogP contribution in [0.2, 0.25) is 0 Å². The van der Waals surface area contributed by atoms with E-state index in [1.54, 1.807) is 4.90 Å². The third-order valence-corrected chi connectivity index (χ3v) is 7.57. The zero-order valence-electron chi connectivity index (χ0n) is 18.2. The Balaban J connectivity index is 1.56. The number of rotatable bonds is 5. The van der Waals surface area contributed by atoms with Gasteiger partial charge in [0.1, 0.15) is 6.54 Å². The molecule has 2 aromatic rings. The Kier molecular flexibility index (Phi) is 6.25. The fourth-order valence-electron chi connectivity index (χ4n) is 4.03. The lowest BCUT2D eigenvalue weighted by Gasteiger charge is -2.26. The van der Waals surface area contributed by atoms with Crippen LogP contribution < -0.4 is 15.0 Å². The van der Waals surface area contributed by atoms with Gasteiger partial charge in [0.15, 0.2) is 11.5 Å². The first-order valence-corrected chi connectivity index (χ1v) is 12.0. The highest BCUT2D eigenvalue weighted by molar-refractivity contribution is 7.89. The summed E-state index contributed by atoms with van der Waals surface area (Å²) in [7, 11) is -0.880. The van der Waals surface area contributed by atoms with Gasteiger partial charge in [0.05, 0.1) is 24.2 Å². The van der Waals surface area contributed by atoms with Gasteiger partial charge in [-0.3, -0.25) is 9.59 Å². The number of benzene rings is 1. The summed E-state index contributed by atoms with van der Waals surface area (Å²) in [6.45, 7) is 1.54. The number of aromatic nitrogens is 1. The maximum absolute atomic E-state index is 13.1. The molecule has 1 unspecified atom stereocenters. The van der Waals surface area contributed by atoms with E-state index in [0.29, 0.717) is 31.3 Å². The van der Waals surface area contributed by atoms with Crippen LogP contribution >= 0.6 is 0 Å². The minimum absolute atomic E-state index is 0.0317. The molecular formula is C22H27N3O6S. The highest BCUT2D eigenvalue weighted by Gasteiger charge is 2.31. The van der Waals surface area contributed by atoms with Crippen molar-refractivity contribution in [2.24, 2.45) is 0 Å². The van der Waals surface area contributed by atoms with Gasteiger partial charge in [-0.2, -0.15) is 0 Å². The number of likely N-dealkylation sites (tertiary alicyclic amines) is 1. The molecule has 172 valence electrons. The number of nitrogens with zero attached hydrogens (tertiary/aromatic N) is 3. The first kappa shape index (κ1) is 22.3. The molecule has 32 heavy (non-hydrogen) atoms. The fourth-order valence-corrected chi connectivity index (χ4v) is 4.95. The third kappa shape index (κ3) is 4.37. The Morgan fingerprint density at radius 2 is 1.84 bits per heavy atom. The maximum atomic E-state index is 13.1. The van der Waals surface area contributed by atoms with Gasteiger partial charge < -0.3 is 18.9 Å². The van der Waals surface area contributed by atoms with Crippen molar-refractivity contribution in [1.29, 1.82) is 0 Å². The van der Waals surface area contributed by atoms with Gasteiger partial charge >= 0.3 is 0 Å². The van der Waals surface area contributed by atoms with Crippen LogP contribution in [0.4, 0.5) is 0 Å². The number of ether oxygens (including phenoxy) is 2. The molecular weight excluding hydrogens is 434 g/mol. The SMILES string of the molecule is CN(C)S(=O)(=O)c1ccc(=O)n(CC(=O)N2CCCC2c2ccc3c(c2)OCCCO3)c1. The van der Waals surface area contributed by atoms with Crippen molar-refractivity contribution in [3.05, 3.63) is 52.4 Å². The number of pyridine rings is 1. The van der Waals surface area contributed by atoms with E-state index in [9.17, 15) is 18.0 Å². The molecule has 3 heterocycles. The van der Waals surface area contributed by atoms with Gasteiger partial charge in [0.25, 0.3) is 5.56 Å². The van der Waals surface area contributed by atoms with Crippen LogP contribution in [0.3, 0.4) is 0 Å². The summed E-state index contributed by atoms with van der Waals surface area (Å²) in [5, 5.41) is 0. The zero-order chi connectivity index (χ0) is 22.9. The Morgan fingerprint density at radius 1 is 1.09 bits per heavy atom. The van der Waals surface area contributed by atoms with Crippen molar-refractivity contribution in [2.45, 2.75) is 36.7 Å². The molecule has 10 heteroatoms. The van der Waals surface area contributed by atoms with Crippen LogP contribution in [-0.4, -0.2) is 62.0 Å². The topological polar surface area (TPSA) is 98.2 Å². The average molecular weight is 462 g/mol. The Labute approximate surface area is 187 Å². The molecule has 1 fully saturated rings. The molecule has 0 aliphatic carbocycles. The minimum atomic E-state index is -3.71. The first-order valence-electron chi connectivity index (χ1n) is 10.6. The molecule has 9 nitrogen and oxygen atoms in total. The van der Waals surface area contributed by atoms with E-state index in [1.807, 2.05) is 18.2 Å². The van der Waals surface area contributed by atoms with Gasteiger partial charge in [-0.25, -0.2) is 12.7 Å². The molecule has 2 aliphatic heterocycles. The lowest BCUT2D eigenvalue weighted by atomic mass is 10.0. The molecule has 1 aromatic heterocycles. The monoisotopic (exact) mass is 461 g/mol. The number of hydrogen-bond donors (Lipinski definition) is 0. The average Bonchev–Trinajstić information content (AvgIpc) is 3.14. The van der Waals surface area contributed by atoms with E-state index in [2.05, 4.69) is 0 Å². The molecule has 0 radical (unpaired) electrons. The minimum Gasteiger partial charge on any atom is -0.490 e.